The molecule has 1 N–H and O–H groups in total. The van der Waals surface area contributed by atoms with Gasteiger partial charge in [0.05, 0.1) is 0 Å². The molecule has 96 valence electrons. The lowest BCUT2D eigenvalue weighted by Gasteiger charge is -2.20. The van der Waals surface area contributed by atoms with Gasteiger partial charge in [-0.05, 0) is 55.6 Å². The number of benzene rings is 1. The molecule has 0 spiro atoms. The standard InChI is InChI=1S/C16H21NO/c1-11(2)13-3-4-15-14(9-13)10-16(18-15)12-5-7-17-8-6-12/h3-4,9-12,17H,5-8H2,1-2H3. The van der Waals surface area contributed by atoms with Gasteiger partial charge in [0.1, 0.15) is 11.3 Å². The van der Waals surface area contributed by atoms with Gasteiger partial charge in [0.15, 0.2) is 0 Å². The summed E-state index contributed by atoms with van der Waals surface area (Å²) in [6.45, 7) is 6.68. The van der Waals surface area contributed by atoms with Gasteiger partial charge in [0.25, 0.3) is 0 Å². The van der Waals surface area contributed by atoms with Crippen molar-refractivity contribution in [1.82, 2.24) is 5.32 Å². The number of fused-ring (bicyclic) bond motifs is 1. The molecule has 1 aliphatic heterocycles. The number of furan rings is 1. The summed E-state index contributed by atoms with van der Waals surface area (Å²) in [5.41, 5.74) is 2.42. The monoisotopic (exact) mass is 243 g/mol. The second-order valence-corrected chi connectivity index (χ2v) is 5.63. The minimum Gasteiger partial charge on any atom is -0.461 e. The van der Waals surface area contributed by atoms with Crippen LogP contribution in [-0.2, 0) is 0 Å². The van der Waals surface area contributed by atoms with Crippen molar-refractivity contribution < 1.29 is 4.42 Å². The molecule has 1 aromatic carbocycles. The molecule has 1 aromatic heterocycles. The van der Waals surface area contributed by atoms with E-state index in [9.17, 15) is 0 Å². The molecule has 0 atom stereocenters. The molecule has 1 fully saturated rings. The van der Waals surface area contributed by atoms with E-state index in [1.165, 1.54) is 29.6 Å². The third-order valence-corrected chi connectivity index (χ3v) is 3.97. The molecule has 3 rings (SSSR count). The molecule has 0 bridgehead atoms. The highest BCUT2D eigenvalue weighted by molar-refractivity contribution is 5.79. The Morgan fingerprint density at radius 3 is 2.67 bits per heavy atom. The average Bonchev–Trinajstić information content (AvgIpc) is 2.82. The van der Waals surface area contributed by atoms with Crippen LogP contribution in [0.25, 0.3) is 11.0 Å². The maximum atomic E-state index is 6.01. The molecule has 2 aromatic rings. The van der Waals surface area contributed by atoms with Gasteiger partial charge in [-0.3, -0.25) is 0 Å². The van der Waals surface area contributed by atoms with E-state index in [2.05, 4.69) is 43.4 Å². The van der Waals surface area contributed by atoms with Gasteiger partial charge in [0.2, 0.25) is 0 Å². The molecule has 1 aliphatic rings. The fourth-order valence-electron chi connectivity index (χ4n) is 2.75. The Bertz CT molecular complexity index is 535. The summed E-state index contributed by atoms with van der Waals surface area (Å²) >= 11 is 0. The zero-order chi connectivity index (χ0) is 12.5. The molecule has 2 heteroatoms. The van der Waals surface area contributed by atoms with Gasteiger partial charge in [-0.1, -0.05) is 19.9 Å². The van der Waals surface area contributed by atoms with Crippen LogP contribution in [0, 0.1) is 0 Å². The third-order valence-electron chi connectivity index (χ3n) is 3.97. The smallest absolute Gasteiger partial charge is 0.134 e. The first-order chi connectivity index (χ1) is 8.74. The number of hydrogen-bond donors (Lipinski definition) is 1. The van der Waals surface area contributed by atoms with Gasteiger partial charge in [-0.2, -0.15) is 0 Å². The minimum atomic E-state index is 0.576. The molecule has 0 saturated carbocycles. The van der Waals surface area contributed by atoms with E-state index in [1.807, 2.05) is 0 Å². The van der Waals surface area contributed by atoms with Crippen molar-refractivity contribution in [2.75, 3.05) is 13.1 Å². The van der Waals surface area contributed by atoms with E-state index in [1.54, 1.807) is 0 Å². The number of piperidine rings is 1. The van der Waals surface area contributed by atoms with Crippen LogP contribution in [0.2, 0.25) is 0 Å². The van der Waals surface area contributed by atoms with Crippen LogP contribution >= 0.6 is 0 Å². The Labute approximate surface area is 108 Å². The Morgan fingerprint density at radius 1 is 1.17 bits per heavy atom. The lowest BCUT2D eigenvalue weighted by molar-refractivity contribution is 0.397. The van der Waals surface area contributed by atoms with E-state index in [4.69, 9.17) is 4.42 Å². The van der Waals surface area contributed by atoms with E-state index in [-0.39, 0.29) is 0 Å². The summed E-state index contributed by atoms with van der Waals surface area (Å²) < 4.78 is 6.01. The quantitative estimate of drug-likeness (QED) is 0.861. The van der Waals surface area contributed by atoms with Crippen LogP contribution in [-0.4, -0.2) is 13.1 Å². The van der Waals surface area contributed by atoms with E-state index in [0.717, 1.165) is 18.7 Å². The molecule has 2 nitrogen and oxygen atoms in total. The van der Waals surface area contributed by atoms with E-state index >= 15 is 0 Å². The predicted molar refractivity (Wildman–Crippen MR) is 75.1 cm³/mol. The van der Waals surface area contributed by atoms with Crippen molar-refractivity contribution in [1.29, 1.82) is 0 Å². The van der Waals surface area contributed by atoms with Crippen molar-refractivity contribution in [3.63, 3.8) is 0 Å². The van der Waals surface area contributed by atoms with Gasteiger partial charge in [-0.25, -0.2) is 0 Å². The van der Waals surface area contributed by atoms with Gasteiger partial charge >= 0.3 is 0 Å². The molecule has 18 heavy (non-hydrogen) atoms. The SMILES string of the molecule is CC(C)c1ccc2oc(C3CCNCC3)cc2c1. The summed E-state index contributed by atoms with van der Waals surface area (Å²) in [4.78, 5) is 0. The summed E-state index contributed by atoms with van der Waals surface area (Å²) in [6, 6.07) is 8.82. The van der Waals surface area contributed by atoms with Gasteiger partial charge < -0.3 is 9.73 Å². The highest BCUT2D eigenvalue weighted by atomic mass is 16.3. The predicted octanol–water partition coefficient (Wildman–Crippen LogP) is 4.02. The Balaban J connectivity index is 1.94. The zero-order valence-corrected chi connectivity index (χ0v) is 11.2. The highest BCUT2D eigenvalue weighted by Gasteiger charge is 2.19. The molecule has 0 aliphatic carbocycles. The summed E-state index contributed by atoms with van der Waals surface area (Å²) in [7, 11) is 0. The Morgan fingerprint density at radius 2 is 1.94 bits per heavy atom. The fraction of sp³-hybridized carbons (Fsp3) is 0.500. The van der Waals surface area contributed by atoms with Crippen LogP contribution in [0.3, 0.4) is 0 Å². The van der Waals surface area contributed by atoms with E-state index in [0.29, 0.717) is 11.8 Å². The number of nitrogens with one attached hydrogen (secondary N) is 1. The highest BCUT2D eigenvalue weighted by Crippen LogP contribution is 2.31. The lowest BCUT2D eigenvalue weighted by atomic mass is 9.95. The number of hydrogen-bond acceptors (Lipinski definition) is 2. The normalized spacial score (nSPS) is 17.7. The fourth-order valence-corrected chi connectivity index (χ4v) is 2.75. The van der Waals surface area contributed by atoms with Crippen LogP contribution in [0.4, 0.5) is 0 Å². The first-order valence-corrected chi connectivity index (χ1v) is 6.98. The van der Waals surface area contributed by atoms with Crippen LogP contribution in [0.15, 0.2) is 28.7 Å². The third kappa shape index (κ3) is 2.17. The van der Waals surface area contributed by atoms with Crippen molar-refractivity contribution in [2.45, 2.75) is 38.5 Å². The van der Waals surface area contributed by atoms with Crippen molar-refractivity contribution >= 4 is 11.0 Å². The molecule has 2 heterocycles. The zero-order valence-electron chi connectivity index (χ0n) is 11.2. The lowest BCUT2D eigenvalue weighted by Crippen LogP contribution is -2.26. The summed E-state index contributed by atoms with van der Waals surface area (Å²) in [5.74, 6) is 2.35. The van der Waals surface area contributed by atoms with Gasteiger partial charge in [-0.15, -0.1) is 0 Å². The Kier molecular flexibility index (Phi) is 3.13. The largest absolute Gasteiger partial charge is 0.461 e. The number of rotatable bonds is 2. The maximum absolute atomic E-state index is 6.01. The average molecular weight is 243 g/mol. The maximum Gasteiger partial charge on any atom is 0.134 e. The van der Waals surface area contributed by atoms with Crippen LogP contribution in [0.5, 0.6) is 0 Å². The first kappa shape index (κ1) is 11.8. The van der Waals surface area contributed by atoms with E-state index < -0.39 is 0 Å². The second-order valence-electron chi connectivity index (χ2n) is 5.63. The second kappa shape index (κ2) is 4.77. The van der Waals surface area contributed by atoms with Crippen molar-refractivity contribution in [2.24, 2.45) is 0 Å². The summed E-state index contributed by atoms with van der Waals surface area (Å²) in [5, 5.41) is 4.66. The molecule has 0 radical (unpaired) electrons. The first-order valence-electron chi connectivity index (χ1n) is 6.98. The van der Waals surface area contributed by atoms with Gasteiger partial charge in [0, 0.05) is 11.3 Å². The Hall–Kier alpha value is -1.28. The molecule has 1 saturated heterocycles. The van der Waals surface area contributed by atoms with Crippen LogP contribution in [0.1, 0.15) is 49.8 Å². The molecular formula is C16H21NO. The molecule has 0 unspecified atom stereocenters. The minimum absolute atomic E-state index is 0.576. The van der Waals surface area contributed by atoms with Crippen LogP contribution < -0.4 is 5.32 Å². The summed E-state index contributed by atoms with van der Waals surface area (Å²) in [6.07, 6.45) is 2.38. The molecule has 0 amide bonds. The molecular weight excluding hydrogens is 222 g/mol. The van der Waals surface area contributed by atoms with Crippen molar-refractivity contribution in [3.8, 4) is 0 Å². The van der Waals surface area contributed by atoms with Crippen molar-refractivity contribution in [3.05, 3.63) is 35.6 Å². The topological polar surface area (TPSA) is 25.2 Å².